The van der Waals surface area contributed by atoms with Crippen molar-refractivity contribution in [3.63, 3.8) is 0 Å². The van der Waals surface area contributed by atoms with Crippen LogP contribution in [0.4, 0.5) is 17.6 Å². The lowest BCUT2D eigenvalue weighted by Gasteiger charge is -2.10. The predicted molar refractivity (Wildman–Crippen MR) is 124 cm³/mol. The maximum absolute atomic E-state index is 12.5. The molecule has 0 saturated heterocycles. The van der Waals surface area contributed by atoms with Gasteiger partial charge in [-0.3, -0.25) is 9.48 Å². The van der Waals surface area contributed by atoms with Crippen LogP contribution in [-0.4, -0.2) is 59.1 Å². The third-order valence-electron chi connectivity index (χ3n) is 4.39. The summed E-state index contributed by atoms with van der Waals surface area (Å²) in [6.07, 6.45) is 3.66. The molecular formula is C20H24N10OS. The van der Waals surface area contributed by atoms with Gasteiger partial charge < -0.3 is 16.0 Å². The minimum absolute atomic E-state index is 0.137. The van der Waals surface area contributed by atoms with Gasteiger partial charge in [-0.25, -0.2) is 4.40 Å². The number of fused-ring (bicyclic) bond motifs is 1. The molecule has 11 nitrogen and oxygen atoms in total. The fraction of sp³-hybridized carbons (Fsp3) is 0.300. The zero-order chi connectivity index (χ0) is 22.3. The molecule has 0 fully saturated rings. The fourth-order valence-electron chi connectivity index (χ4n) is 3.00. The van der Waals surface area contributed by atoms with E-state index in [1.165, 1.54) is 11.8 Å². The summed E-state index contributed by atoms with van der Waals surface area (Å²) in [5, 5.41) is 22.2. The van der Waals surface area contributed by atoms with E-state index in [1.807, 2.05) is 55.1 Å². The zero-order valence-corrected chi connectivity index (χ0v) is 18.6. The molecular weight excluding hydrogens is 428 g/mol. The number of carbonyl (C=O) groups excluding carboxylic acids is 1. The number of hydrogen-bond donors (Lipinski definition) is 3. The Morgan fingerprint density at radius 2 is 1.88 bits per heavy atom. The molecule has 0 aliphatic heterocycles. The molecule has 12 heteroatoms. The Morgan fingerprint density at radius 3 is 2.59 bits per heavy atom. The van der Waals surface area contributed by atoms with Gasteiger partial charge in [-0.1, -0.05) is 23.9 Å². The second-order valence-electron chi connectivity index (χ2n) is 6.79. The number of amides is 1. The SMILES string of the molecule is CCNc1nc(NCC)n2c(SCC(=O)Nc3ccc(Cn4cccn4)cc3)nnc2n1. The molecule has 3 aromatic heterocycles. The van der Waals surface area contributed by atoms with Crippen molar-refractivity contribution in [2.24, 2.45) is 0 Å². The van der Waals surface area contributed by atoms with E-state index in [1.54, 1.807) is 10.6 Å². The number of nitrogens with one attached hydrogen (secondary N) is 3. The van der Waals surface area contributed by atoms with Crippen molar-refractivity contribution in [1.82, 2.24) is 34.3 Å². The first kappa shape index (κ1) is 21.6. The highest BCUT2D eigenvalue weighted by atomic mass is 32.2. The van der Waals surface area contributed by atoms with Crippen molar-refractivity contribution in [3.05, 3.63) is 48.3 Å². The Bertz CT molecular complexity index is 1170. The van der Waals surface area contributed by atoms with Crippen molar-refractivity contribution in [1.29, 1.82) is 0 Å². The monoisotopic (exact) mass is 452 g/mol. The first-order valence-corrected chi connectivity index (χ1v) is 11.2. The Balaban J connectivity index is 1.39. The summed E-state index contributed by atoms with van der Waals surface area (Å²) in [7, 11) is 0. The quantitative estimate of drug-likeness (QED) is 0.311. The first-order chi connectivity index (χ1) is 15.7. The minimum Gasteiger partial charge on any atom is -0.355 e. The standard InChI is InChI=1S/C20H24N10OS/c1-3-21-17-25-18(22-4-2)30-19(26-17)27-28-20(30)32-13-16(31)24-15-8-6-14(7-9-15)12-29-11-5-10-23-29/h5-11H,3-4,12-13H2,1-2H3,(H,24,31)(H2,21,22,25,26,27). The molecule has 3 N–H and O–H groups in total. The van der Waals surface area contributed by atoms with Gasteiger partial charge in [0.25, 0.3) is 5.78 Å². The lowest BCUT2D eigenvalue weighted by Crippen LogP contribution is -2.15. The second-order valence-corrected chi connectivity index (χ2v) is 7.73. The average molecular weight is 453 g/mol. The van der Waals surface area contributed by atoms with Crippen LogP contribution in [0.2, 0.25) is 0 Å². The molecule has 0 aliphatic rings. The number of benzene rings is 1. The van der Waals surface area contributed by atoms with E-state index in [0.717, 1.165) is 11.3 Å². The van der Waals surface area contributed by atoms with E-state index in [0.29, 0.717) is 42.5 Å². The van der Waals surface area contributed by atoms with E-state index in [9.17, 15) is 4.79 Å². The van der Waals surface area contributed by atoms with E-state index >= 15 is 0 Å². The summed E-state index contributed by atoms with van der Waals surface area (Å²) >= 11 is 1.27. The van der Waals surface area contributed by atoms with E-state index in [2.05, 4.69) is 41.2 Å². The normalized spacial score (nSPS) is 10.9. The number of nitrogens with zero attached hydrogens (tertiary/aromatic N) is 7. The molecule has 1 aromatic carbocycles. The van der Waals surface area contributed by atoms with Crippen molar-refractivity contribution in [2.45, 2.75) is 25.5 Å². The van der Waals surface area contributed by atoms with Crippen molar-refractivity contribution >= 4 is 41.0 Å². The van der Waals surface area contributed by atoms with Crippen LogP contribution in [0.15, 0.2) is 47.9 Å². The Hall–Kier alpha value is -3.67. The van der Waals surface area contributed by atoms with Crippen molar-refractivity contribution in [2.75, 3.05) is 34.8 Å². The molecule has 0 bridgehead atoms. The molecule has 4 rings (SSSR count). The van der Waals surface area contributed by atoms with Gasteiger partial charge in [0.1, 0.15) is 0 Å². The Kier molecular flexibility index (Phi) is 6.80. The smallest absolute Gasteiger partial charge is 0.261 e. The van der Waals surface area contributed by atoms with Gasteiger partial charge in [-0.15, -0.1) is 10.2 Å². The number of aromatic nitrogens is 7. The van der Waals surface area contributed by atoms with Gasteiger partial charge in [0, 0.05) is 31.2 Å². The van der Waals surface area contributed by atoms with Gasteiger partial charge in [-0.2, -0.15) is 15.1 Å². The number of thioether (sulfide) groups is 1. The van der Waals surface area contributed by atoms with Crippen LogP contribution in [0.5, 0.6) is 0 Å². The van der Waals surface area contributed by atoms with Crippen molar-refractivity contribution < 1.29 is 4.79 Å². The van der Waals surface area contributed by atoms with Gasteiger partial charge >= 0.3 is 0 Å². The molecule has 0 unspecified atom stereocenters. The van der Waals surface area contributed by atoms with Gasteiger partial charge in [0.2, 0.25) is 17.8 Å². The maximum Gasteiger partial charge on any atom is 0.261 e. The molecule has 0 aliphatic carbocycles. The molecule has 32 heavy (non-hydrogen) atoms. The van der Waals surface area contributed by atoms with Gasteiger partial charge in [0.15, 0.2) is 5.16 Å². The molecule has 0 spiro atoms. The third kappa shape index (κ3) is 5.14. The van der Waals surface area contributed by atoms with Crippen LogP contribution in [0, 0.1) is 0 Å². The number of rotatable bonds is 10. The average Bonchev–Trinajstić information content (AvgIpc) is 3.44. The summed E-state index contributed by atoms with van der Waals surface area (Å²) < 4.78 is 3.56. The summed E-state index contributed by atoms with van der Waals surface area (Å²) in [6.45, 7) is 6.00. The fourth-order valence-corrected chi connectivity index (χ4v) is 3.73. The Morgan fingerprint density at radius 1 is 1.06 bits per heavy atom. The maximum atomic E-state index is 12.5. The highest BCUT2D eigenvalue weighted by molar-refractivity contribution is 7.99. The third-order valence-corrected chi connectivity index (χ3v) is 5.32. The van der Waals surface area contributed by atoms with E-state index in [-0.39, 0.29) is 11.7 Å². The number of carbonyl (C=O) groups is 1. The molecule has 4 aromatic rings. The lowest BCUT2D eigenvalue weighted by atomic mass is 10.2. The number of hydrogen-bond acceptors (Lipinski definition) is 9. The zero-order valence-electron chi connectivity index (χ0n) is 17.8. The van der Waals surface area contributed by atoms with Gasteiger partial charge in [-0.05, 0) is 37.6 Å². The second kappa shape index (κ2) is 10.1. The van der Waals surface area contributed by atoms with Crippen LogP contribution in [0.1, 0.15) is 19.4 Å². The lowest BCUT2D eigenvalue weighted by molar-refractivity contribution is -0.113. The Labute approximate surface area is 189 Å². The van der Waals surface area contributed by atoms with E-state index < -0.39 is 0 Å². The molecule has 0 radical (unpaired) electrons. The number of anilines is 3. The molecule has 3 heterocycles. The van der Waals surface area contributed by atoms with E-state index in [4.69, 9.17) is 0 Å². The van der Waals surface area contributed by atoms with Crippen LogP contribution >= 0.6 is 11.8 Å². The highest BCUT2D eigenvalue weighted by Crippen LogP contribution is 2.21. The molecule has 0 atom stereocenters. The first-order valence-electron chi connectivity index (χ1n) is 10.3. The van der Waals surface area contributed by atoms with Crippen molar-refractivity contribution in [3.8, 4) is 0 Å². The largest absolute Gasteiger partial charge is 0.355 e. The summed E-state index contributed by atoms with van der Waals surface area (Å²) in [4.78, 5) is 21.3. The van der Waals surface area contributed by atoms with Crippen LogP contribution < -0.4 is 16.0 Å². The topological polar surface area (TPSA) is 127 Å². The molecule has 0 saturated carbocycles. The van der Waals surface area contributed by atoms with Crippen LogP contribution in [-0.2, 0) is 11.3 Å². The molecule has 1 amide bonds. The predicted octanol–water partition coefficient (Wildman–Crippen LogP) is 2.36. The van der Waals surface area contributed by atoms with Crippen LogP contribution in [0.3, 0.4) is 0 Å². The summed E-state index contributed by atoms with van der Waals surface area (Å²) in [6, 6.07) is 9.59. The molecule has 166 valence electrons. The summed E-state index contributed by atoms with van der Waals surface area (Å²) in [5.74, 6) is 1.52. The highest BCUT2D eigenvalue weighted by Gasteiger charge is 2.16. The van der Waals surface area contributed by atoms with Gasteiger partial charge in [0.05, 0.1) is 12.3 Å². The van der Waals surface area contributed by atoms with Crippen LogP contribution in [0.25, 0.3) is 5.78 Å². The minimum atomic E-state index is -0.137. The summed E-state index contributed by atoms with van der Waals surface area (Å²) in [5.41, 5.74) is 1.83.